The van der Waals surface area contributed by atoms with Gasteiger partial charge >= 0.3 is 0 Å². The lowest BCUT2D eigenvalue weighted by Gasteiger charge is -2.27. The van der Waals surface area contributed by atoms with Gasteiger partial charge in [0, 0.05) is 23.9 Å². The Balaban J connectivity index is 5.22. The van der Waals surface area contributed by atoms with Crippen LogP contribution in [0.2, 0.25) is 0 Å². The Morgan fingerprint density at radius 3 is 0.761 bits per heavy atom. The zero-order chi connectivity index (χ0) is 50.2. The van der Waals surface area contributed by atoms with Crippen LogP contribution in [0.4, 0.5) is 0 Å². The van der Waals surface area contributed by atoms with Crippen LogP contribution in [0.25, 0.3) is 0 Å². The van der Waals surface area contributed by atoms with Gasteiger partial charge in [-0.25, -0.2) is 0 Å². The summed E-state index contributed by atoms with van der Waals surface area (Å²) in [5.74, 6) is 9.69. The molecule has 0 saturated heterocycles. The van der Waals surface area contributed by atoms with Crippen LogP contribution in [-0.4, -0.2) is 36.5 Å². The van der Waals surface area contributed by atoms with Gasteiger partial charge in [-0.3, -0.25) is 0 Å². The summed E-state index contributed by atoms with van der Waals surface area (Å²) in [5.41, 5.74) is 0. The molecule has 0 aromatic rings. The number of hydrogen-bond acceptors (Lipinski definition) is 3. The number of halogens is 2. The number of hydrogen-bond donors (Lipinski definition) is 0. The molecule has 0 aliphatic heterocycles. The lowest BCUT2D eigenvalue weighted by atomic mass is 9.81. The fourth-order valence-electron chi connectivity index (χ4n) is 12.6. The van der Waals surface area contributed by atoms with Gasteiger partial charge in [-0.1, -0.05) is 193 Å². The van der Waals surface area contributed by atoms with Gasteiger partial charge in [0.1, 0.15) is 0 Å². The summed E-state index contributed by atoms with van der Waals surface area (Å²) in [6.45, 7) is 36.2. The van der Waals surface area contributed by atoms with E-state index in [9.17, 15) is 0 Å². The van der Waals surface area contributed by atoms with Gasteiger partial charge in [0.25, 0.3) is 0 Å². The summed E-state index contributed by atoms with van der Waals surface area (Å²) in [6.07, 6.45) is 38.1. The summed E-state index contributed by atoms with van der Waals surface area (Å²) >= 11 is 7.23. The lowest BCUT2D eigenvalue weighted by molar-refractivity contribution is -0.250. The van der Waals surface area contributed by atoms with Crippen molar-refractivity contribution in [3.63, 3.8) is 0 Å². The molecule has 0 heterocycles. The van der Waals surface area contributed by atoms with Crippen molar-refractivity contribution >= 4 is 31.9 Å². The van der Waals surface area contributed by atoms with Gasteiger partial charge in [-0.05, 0) is 199 Å². The molecule has 0 bridgehead atoms. The predicted molar refractivity (Wildman–Crippen MR) is 308 cm³/mol. The van der Waals surface area contributed by atoms with Crippen LogP contribution in [-0.2, 0) is 14.2 Å². The van der Waals surface area contributed by atoms with Crippen molar-refractivity contribution in [1.82, 2.24) is 0 Å². The van der Waals surface area contributed by atoms with Crippen molar-refractivity contribution < 1.29 is 14.2 Å². The molecule has 0 aromatic carbocycles. The minimum absolute atomic E-state index is 0.163. The fourth-order valence-corrected chi connectivity index (χ4v) is 13.3. The van der Waals surface area contributed by atoms with Crippen molar-refractivity contribution in [2.24, 2.45) is 71.0 Å². The van der Waals surface area contributed by atoms with Gasteiger partial charge in [0.05, 0.1) is 0 Å². The van der Waals surface area contributed by atoms with E-state index < -0.39 is 0 Å². The molecule has 0 saturated carbocycles. The quantitative estimate of drug-likeness (QED) is 0.0345. The highest BCUT2D eigenvalue weighted by Gasteiger charge is 2.22. The van der Waals surface area contributed by atoms with E-state index in [0.717, 1.165) is 121 Å². The molecule has 0 N–H and O–H groups in total. The van der Waals surface area contributed by atoms with E-state index in [0.29, 0.717) is 0 Å². The molecule has 0 aliphatic rings. The second-order valence-electron chi connectivity index (χ2n) is 24.7. The summed E-state index contributed by atoms with van der Waals surface area (Å²) in [4.78, 5) is 0. The maximum Gasteiger partial charge on any atom is 0.160 e. The molecule has 404 valence electrons. The van der Waals surface area contributed by atoms with E-state index in [4.69, 9.17) is 14.2 Å². The Morgan fingerprint density at radius 2 is 0.507 bits per heavy atom. The smallest absolute Gasteiger partial charge is 0.160 e. The normalized spacial score (nSPS) is 18.6. The van der Waals surface area contributed by atoms with E-state index in [1.807, 2.05) is 0 Å². The average molecular weight is 1080 g/mol. The number of unbranched alkanes of at least 4 members (excludes halogenated alkanes) is 8. The first-order valence-corrected chi connectivity index (χ1v) is 32.3. The van der Waals surface area contributed by atoms with Crippen molar-refractivity contribution in [1.29, 1.82) is 0 Å². The predicted octanol–water partition coefficient (Wildman–Crippen LogP) is 21.9. The zero-order valence-corrected chi connectivity index (χ0v) is 51.3. The Labute approximate surface area is 440 Å². The van der Waals surface area contributed by atoms with Gasteiger partial charge in [-0.2, -0.15) is 0 Å². The summed E-state index contributed by atoms with van der Waals surface area (Å²) in [5, 5.41) is 2.29. The topological polar surface area (TPSA) is 27.7 Å². The Morgan fingerprint density at radius 1 is 0.269 bits per heavy atom. The van der Waals surface area contributed by atoms with E-state index in [1.165, 1.54) is 167 Å². The fraction of sp³-hybridized carbons (Fsp3) is 1.00. The third-order valence-electron chi connectivity index (χ3n) is 15.4. The first kappa shape index (κ1) is 67.8. The highest BCUT2D eigenvalue weighted by molar-refractivity contribution is 9.09. The second-order valence-corrected chi connectivity index (χ2v) is 26.3. The highest BCUT2D eigenvalue weighted by Crippen LogP contribution is 2.32. The van der Waals surface area contributed by atoms with Crippen molar-refractivity contribution in [3.8, 4) is 0 Å². The van der Waals surface area contributed by atoms with Crippen LogP contribution in [0.15, 0.2) is 0 Å². The summed E-state index contributed by atoms with van der Waals surface area (Å²) in [7, 11) is 0. The first-order chi connectivity index (χ1) is 32.0. The Bertz CT molecular complexity index is 949. The van der Waals surface area contributed by atoms with Crippen molar-refractivity contribution in [2.75, 3.05) is 23.9 Å². The second kappa shape index (κ2) is 45.5. The van der Waals surface area contributed by atoms with E-state index in [-0.39, 0.29) is 12.6 Å². The van der Waals surface area contributed by atoms with Crippen molar-refractivity contribution in [2.45, 2.75) is 302 Å². The molecule has 0 spiro atoms. The van der Waals surface area contributed by atoms with Crippen LogP contribution in [0, 0.1) is 71.0 Å². The molecular formula is C62H124Br2O3. The van der Waals surface area contributed by atoms with E-state index in [1.54, 1.807) is 0 Å². The summed E-state index contributed by atoms with van der Waals surface area (Å²) < 4.78 is 20.1. The molecule has 0 amide bonds. The molecule has 3 nitrogen and oxygen atoms in total. The van der Waals surface area contributed by atoms with Gasteiger partial charge in [0.15, 0.2) is 12.6 Å². The molecule has 0 fully saturated rings. The zero-order valence-electron chi connectivity index (χ0n) is 48.1. The SMILES string of the molecule is CCCCCCCOC(CCCC(C)CC(C)CC(C)CC(C)CC(C)CC(C)CCCBr)OC(CCCC(C)CC(C)CC(C)CC(C)CC(C)CC(C)CCCBr)OCCCCCCC. The molecule has 0 radical (unpaired) electrons. The third-order valence-corrected chi connectivity index (χ3v) is 16.5. The maximum absolute atomic E-state index is 6.89. The lowest BCUT2D eigenvalue weighted by Crippen LogP contribution is -2.28. The summed E-state index contributed by atoms with van der Waals surface area (Å²) in [6, 6.07) is 0. The molecular weight excluding hydrogens is 952 g/mol. The van der Waals surface area contributed by atoms with Crippen LogP contribution in [0.1, 0.15) is 290 Å². The van der Waals surface area contributed by atoms with Crippen molar-refractivity contribution in [3.05, 3.63) is 0 Å². The van der Waals surface area contributed by atoms with E-state index in [2.05, 4.69) is 129 Å². The highest BCUT2D eigenvalue weighted by atomic mass is 79.9. The van der Waals surface area contributed by atoms with Crippen LogP contribution < -0.4 is 0 Å². The van der Waals surface area contributed by atoms with Crippen LogP contribution in [0.3, 0.4) is 0 Å². The Hall–Kier alpha value is 0.840. The maximum atomic E-state index is 6.89. The number of ether oxygens (including phenoxy) is 3. The molecule has 0 aromatic heterocycles. The number of rotatable bonds is 50. The largest absolute Gasteiger partial charge is 0.353 e. The average Bonchev–Trinajstić information content (AvgIpc) is 3.23. The molecule has 5 heteroatoms. The van der Waals surface area contributed by atoms with Gasteiger partial charge < -0.3 is 14.2 Å². The Kier molecular flexibility index (Phi) is 46.0. The molecule has 67 heavy (non-hydrogen) atoms. The standard InChI is InChI=1S/C62H124Br2O3/c1-15-17-19-21-23-37-65-61(33-25-29-49(3)39-53(7)43-57(11)47-59(13)45-55(9)41-51(5)31-27-35-63)67-62(66-38-24-22-20-18-16-2)34-26-30-50(4)40-54(8)44-58(12)48-60(14)46-56(10)42-52(6)32-28-36-64/h49-62H,15-48H2,1-14H3. The van der Waals surface area contributed by atoms with E-state index >= 15 is 0 Å². The minimum Gasteiger partial charge on any atom is -0.353 e. The van der Waals surface area contributed by atoms with Gasteiger partial charge in [-0.15, -0.1) is 0 Å². The minimum atomic E-state index is -0.163. The van der Waals surface area contributed by atoms with Crippen LogP contribution >= 0.6 is 31.9 Å². The monoisotopic (exact) mass is 1070 g/mol. The first-order valence-electron chi connectivity index (χ1n) is 30.0. The third kappa shape index (κ3) is 43.0. The molecule has 0 rings (SSSR count). The van der Waals surface area contributed by atoms with Gasteiger partial charge in [0.2, 0.25) is 0 Å². The molecule has 14 atom stereocenters. The number of alkyl halides is 2. The van der Waals surface area contributed by atoms with Crippen LogP contribution in [0.5, 0.6) is 0 Å². The molecule has 14 unspecified atom stereocenters. The molecule has 0 aliphatic carbocycles.